The molecule has 0 aliphatic carbocycles. The van der Waals surface area contributed by atoms with Crippen molar-refractivity contribution in [1.82, 2.24) is 19.3 Å². The Balaban J connectivity index is 1.44. The maximum Gasteiger partial charge on any atom is 0.277 e. The Labute approximate surface area is 176 Å². The van der Waals surface area contributed by atoms with E-state index in [9.17, 15) is 4.79 Å². The molecule has 3 aromatic heterocycles. The standard InChI is InChI=1S/C21H22N4O4S/c1-27-17-11-14-16(12-18(17)29-7-2-4-24-5-8-28-9-6-24)22-13-25-20(14)23-15-3-10-30-19(15)21(25)26/h3,10-13H,2,4-9H2,1H3. The molecular formula is C21H22N4O4S. The maximum absolute atomic E-state index is 12.7. The van der Waals surface area contributed by atoms with Crippen LogP contribution in [0.15, 0.2) is 34.7 Å². The fourth-order valence-corrected chi connectivity index (χ4v) is 4.51. The van der Waals surface area contributed by atoms with E-state index in [1.165, 1.54) is 22.1 Å². The molecule has 1 fully saturated rings. The number of hydrogen-bond acceptors (Lipinski definition) is 8. The van der Waals surface area contributed by atoms with Crippen molar-refractivity contribution >= 4 is 38.1 Å². The number of thiophene rings is 1. The van der Waals surface area contributed by atoms with Gasteiger partial charge in [0, 0.05) is 31.1 Å². The van der Waals surface area contributed by atoms with Gasteiger partial charge in [-0.1, -0.05) is 0 Å². The van der Waals surface area contributed by atoms with E-state index in [2.05, 4.69) is 14.9 Å². The lowest BCUT2D eigenvalue weighted by Gasteiger charge is -2.26. The normalized spacial score (nSPS) is 15.2. The van der Waals surface area contributed by atoms with Gasteiger partial charge in [-0.25, -0.2) is 14.4 Å². The summed E-state index contributed by atoms with van der Waals surface area (Å²) >= 11 is 1.39. The summed E-state index contributed by atoms with van der Waals surface area (Å²) in [6, 6.07) is 5.56. The zero-order valence-electron chi connectivity index (χ0n) is 16.7. The number of rotatable bonds is 6. The lowest BCUT2D eigenvalue weighted by atomic mass is 10.2. The van der Waals surface area contributed by atoms with Gasteiger partial charge in [0.2, 0.25) is 0 Å². The van der Waals surface area contributed by atoms with E-state index >= 15 is 0 Å². The van der Waals surface area contributed by atoms with Crippen LogP contribution in [0.1, 0.15) is 6.42 Å². The number of ether oxygens (including phenoxy) is 3. The van der Waals surface area contributed by atoms with Crippen LogP contribution in [-0.2, 0) is 4.74 Å². The zero-order valence-corrected chi connectivity index (χ0v) is 17.5. The van der Waals surface area contributed by atoms with Crippen LogP contribution in [0.4, 0.5) is 0 Å². The molecule has 0 spiro atoms. The first-order valence-corrected chi connectivity index (χ1v) is 10.8. The summed E-state index contributed by atoms with van der Waals surface area (Å²) in [4.78, 5) is 24.3. The van der Waals surface area contributed by atoms with E-state index in [4.69, 9.17) is 14.2 Å². The molecule has 4 aromatic rings. The van der Waals surface area contributed by atoms with E-state index in [0.29, 0.717) is 39.5 Å². The predicted molar refractivity (Wildman–Crippen MR) is 116 cm³/mol. The molecule has 0 bridgehead atoms. The molecule has 156 valence electrons. The summed E-state index contributed by atoms with van der Waals surface area (Å²) in [5.74, 6) is 1.24. The first kappa shape index (κ1) is 19.2. The number of morpholine rings is 1. The average molecular weight is 426 g/mol. The highest BCUT2D eigenvalue weighted by Crippen LogP contribution is 2.33. The number of nitrogens with zero attached hydrogens (tertiary/aromatic N) is 4. The molecule has 1 aliphatic rings. The van der Waals surface area contributed by atoms with Gasteiger partial charge in [0.1, 0.15) is 11.0 Å². The molecule has 9 heteroatoms. The number of methoxy groups -OCH3 is 1. The van der Waals surface area contributed by atoms with Crippen LogP contribution in [0.3, 0.4) is 0 Å². The molecule has 0 radical (unpaired) electrons. The van der Waals surface area contributed by atoms with Crippen LogP contribution < -0.4 is 15.0 Å². The third-order valence-electron chi connectivity index (χ3n) is 5.33. The molecule has 0 atom stereocenters. The summed E-state index contributed by atoms with van der Waals surface area (Å²) in [7, 11) is 1.61. The Morgan fingerprint density at radius 2 is 2.07 bits per heavy atom. The monoisotopic (exact) mass is 426 g/mol. The van der Waals surface area contributed by atoms with Crippen molar-refractivity contribution in [1.29, 1.82) is 0 Å². The van der Waals surface area contributed by atoms with Gasteiger partial charge in [0.15, 0.2) is 17.1 Å². The van der Waals surface area contributed by atoms with Crippen LogP contribution in [-0.4, -0.2) is 65.8 Å². The van der Waals surface area contributed by atoms with Crippen molar-refractivity contribution in [2.75, 3.05) is 46.6 Å². The minimum atomic E-state index is -0.109. The van der Waals surface area contributed by atoms with Gasteiger partial charge in [0.05, 0.1) is 38.0 Å². The first-order valence-electron chi connectivity index (χ1n) is 9.94. The van der Waals surface area contributed by atoms with E-state index in [1.807, 2.05) is 23.6 Å². The topological polar surface area (TPSA) is 78.2 Å². The Morgan fingerprint density at radius 3 is 2.90 bits per heavy atom. The molecule has 0 unspecified atom stereocenters. The van der Waals surface area contributed by atoms with Crippen molar-refractivity contribution < 1.29 is 14.2 Å². The molecule has 8 nitrogen and oxygen atoms in total. The Morgan fingerprint density at radius 1 is 1.20 bits per heavy atom. The van der Waals surface area contributed by atoms with Gasteiger partial charge in [-0.2, -0.15) is 0 Å². The molecule has 4 heterocycles. The van der Waals surface area contributed by atoms with Gasteiger partial charge in [-0.3, -0.25) is 9.69 Å². The molecule has 30 heavy (non-hydrogen) atoms. The molecule has 0 amide bonds. The zero-order chi connectivity index (χ0) is 20.5. The highest BCUT2D eigenvalue weighted by molar-refractivity contribution is 7.17. The van der Waals surface area contributed by atoms with E-state index in [1.54, 1.807) is 7.11 Å². The number of aromatic nitrogens is 3. The van der Waals surface area contributed by atoms with Crippen LogP contribution in [0.5, 0.6) is 11.5 Å². The fraction of sp³-hybridized carbons (Fsp3) is 0.381. The first-order chi connectivity index (χ1) is 14.7. The Kier molecular flexibility index (Phi) is 5.24. The van der Waals surface area contributed by atoms with Crippen LogP contribution in [0.25, 0.3) is 26.8 Å². The van der Waals surface area contributed by atoms with Crippen molar-refractivity contribution in [2.24, 2.45) is 0 Å². The van der Waals surface area contributed by atoms with Crippen LogP contribution in [0, 0.1) is 0 Å². The van der Waals surface area contributed by atoms with Gasteiger partial charge < -0.3 is 14.2 Å². The largest absolute Gasteiger partial charge is 0.493 e. The highest BCUT2D eigenvalue weighted by Gasteiger charge is 2.15. The second kappa shape index (κ2) is 8.17. The molecule has 0 saturated carbocycles. The van der Waals surface area contributed by atoms with E-state index < -0.39 is 0 Å². The summed E-state index contributed by atoms with van der Waals surface area (Å²) < 4.78 is 19.1. The third kappa shape index (κ3) is 3.49. The van der Waals surface area contributed by atoms with E-state index in [0.717, 1.165) is 44.7 Å². The molecule has 1 aliphatic heterocycles. The summed E-state index contributed by atoms with van der Waals surface area (Å²) in [6.07, 6.45) is 2.44. The second-order valence-electron chi connectivity index (χ2n) is 7.17. The number of benzene rings is 1. The fourth-order valence-electron chi connectivity index (χ4n) is 3.74. The van der Waals surface area contributed by atoms with Crippen molar-refractivity contribution in [3.05, 3.63) is 40.3 Å². The van der Waals surface area contributed by atoms with Crippen molar-refractivity contribution in [3.8, 4) is 11.5 Å². The van der Waals surface area contributed by atoms with Gasteiger partial charge >= 0.3 is 0 Å². The molecule has 1 aromatic carbocycles. The number of hydrogen-bond donors (Lipinski definition) is 0. The van der Waals surface area contributed by atoms with Crippen LogP contribution in [0.2, 0.25) is 0 Å². The molecule has 0 N–H and O–H groups in total. The van der Waals surface area contributed by atoms with E-state index in [-0.39, 0.29) is 5.56 Å². The maximum atomic E-state index is 12.7. The van der Waals surface area contributed by atoms with Crippen molar-refractivity contribution in [2.45, 2.75) is 6.42 Å². The predicted octanol–water partition coefficient (Wildman–Crippen LogP) is 2.57. The molecule has 5 rings (SSSR count). The highest BCUT2D eigenvalue weighted by atomic mass is 32.1. The lowest BCUT2D eigenvalue weighted by molar-refractivity contribution is 0.0357. The summed E-state index contributed by atoms with van der Waals surface area (Å²) in [6.45, 7) is 5.10. The molecule has 1 saturated heterocycles. The molecular weight excluding hydrogens is 404 g/mol. The van der Waals surface area contributed by atoms with Gasteiger partial charge in [-0.05, 0) is 23.9 Å². The Bertz CT molecular complexity index is 1260. The summed E-state index contributed by atoms with van der Waals surface area (Å²) in [5, 5.41) is 2.62. The quantitative estimate of drug-likeness (QED) is 0.346. The van der Waals surface area contributed by atoms with Gasteiger partial charge in [-0.15, -0.1) is 11.3 Å². The smallest absolute Gasteiger partial charge is 0.277 e. The minimum Gasteiger partial charge on any atom is -0.493 e. The Hall–Kier alpha value is -2.75. The van der Waals surface area contributed by atoms with Gasteiger partial charge in [0.25, 0.3) is 5.56 Å². The average Bonchev–Trinajstić information content (AvgIpc) is 3.26. The third-order valence-corrected chi connectivity index (χ3v) is 6.22. The number of fused-ring (bicyclic) bond motifs is 4. The lowest BCUT2D eigenvalue weighted by Crippen LogP contribution is -2.37. The summed E-state index contributed by atoms with van der Waals surface area (Å²) in [5.41, 5.74) is 1.86. The van der Waals surface area contributed by atoms with Crippen molar-refractivity contribution in [3.63, 3.8) is 0 Å². The minimum absolute atomic E-state index is 0.109. The second-order valence-corrected chi connectivity index (χ2v) is 8.08. The van der Waals surface area contributed by atoms with Crippen LogP contribution >= 0.6 is 11.3 Å². The SMILES string of the molecule is COc1cc2c(cc1OCCCN1CCOCC1)ncn1c(=O)c3sccc3nc21.